The molecule has 0 aromatic heterocycles. The van der Waals surface area contributed by atoms with E-state index in [-0.39, 0.29) is 6.61 Å². The van der Waals surface area contributed by atoms with Gasteiger partial charge in [-0.1, -0.05) is 30.3 Å². The molecular weight excluding hydrogens is 202 g/mol. The zero-order valence-electron chi connectivity index (χ0n) is 9.42. The van der Waals surface area contributed by atoms with Crippen LogP contribution in [-0.2, 0) is 0 Å². The predicted octanol–water partition coefficient (Wildman–Crippen LogP) is 0.829. The van der Waals surface area contributed by atoms with Crippen molar-refractivity contribution < 1.29 is 10.2 Å². The molecule has 16 heavy (non-hydrogen) atoms. The average molecular weight is 221 g/mol. The first-order chi connectivity index (χ1) is 7.79. The SMILES string of the molecule is OCC(O)CN1CCC(c2ccccc2)C1. The summed E-state index contributed by atoms with van der Waals surface area (Å²) < 4.78 is 0. The molecule has 88 valence electrons. The van der Waals surface area contributed by atoms with Crippen molar-refractivity contribution in [1.29, 1.82) is 0 Å². The van der Waals surface area contributed by atoms with E-state index in [1.807, 2.05) is 6.07 Å². The quantitative estimate of drug-likeness (QED) is 0.791. The van der Waals surface area contributed by atoms with Crippen LogP contribution in [0.25, 0.3) is 0 Å². The van der Waals surface area contributed by atoms with Crippen molar-refractivity contribution in [2.75, 3.05) is 26.2 Å². The summed E-state index contributed by atoms with van der Waals surface area (Å²) in [6.45, 7) is 2.43. The molecule has 1 aliphatic rings. The van der Waals surface area contributed by atoms with E-state index in [1.165, 1.54) is 5.56 Å². The molecule has 2 unspecified atom stereocenters. The molecule has 1 fully saturated rings. The molecule has 1 heterocycles. The van der Waals surface area contributed by atoms with E-state index in [1.54, 1.807) is 0 Å². The number of β-amino-alcohol motifs (C(OH)–C–C–N with tert-alkyl or cyclic N) is 1. The number of rotatable bonds is 4. The zero-order chi connectivity index (χ0) is 11.4. The summed E-state index contributed by atoms with van der Waals surface area (Å²) >= 11 is 0. The van der Waals surface area contributed by atoms with Gasteiger partial charge >= 0.3 is 0 Å². The van der Waals surface area contributed by atoms with Gasteiger partial charge in [-0.2, -0.15) is 0 Å². The van der Waals surface area contributed by atoms with Gasteiger partial charge in [-0.3, -0.25) is 0 Å². The first-order valence-corrected chi connectivity index (χ1v) is 5.86. The molecule has 2 N–H and O–H groups in total. The Labute approximate surface area is 96.3 Å². The average Bonchev–Trinajstić information content (AvgIpc) is 2.78. The standard InChI is InChI=1S/C13H19NO2/c15-10-13(16)9-14-7-6-12(8-14)11-4-2-1-3-5-11/h1-5,12-13,15-16H,6-10H2. The van der Waals surface area contributed by atoms with Crippen LogP contribution in [0.1, 0.15) is 17.9 Å². The molecule has 1 aliphatic heterocycles. The highest BCUT2D eigenvalue weighted by atomic mass is 16.3. The number of likely N-dealkylation sites (tertiary alicyclic amines) is 1. The molecule has 3 nitrogen and oxygen atoms in total. The minimum atomic E-state index is -0.602. The van der Waals surface area contributed by atoms with Crippen molar-refractivity contribution >= 4 is 0 Å². The summed E-state index contributed by atoms with van der Waals surface area (Å²) in [7, 11) is 0. The number of nitrogens with zero attached hydrogens (tertiary/aromatic N) is 1. The van der Waals surface area contributed by atoms with Gasteiger partial charge < -0.3 is 15.1 Å². The Hall–Kier alpha value is -0.900. The Kier molecular flexibility index (Phi) is 3.93. The molecule has 0 aliphatic carbocycles. The summed E-state index contributed by atoms with van der Waals surface area (Å²) in [6.07, 6.45) is 0.539. The van der Waals surface area contributed by atoms with E-state index in [2.05, 4.69) is 29.2 Å². The summed E-state index contributed by atoms with van der Waals surface area (Å²) in [5.74, 6) is 0.576. The molecule has 1 saturated heterocycles. The van der Waals surface area contributed by atoms with Gasteiger partial charge in [0, 0.05) is 13.1 Å². The van der Waals surface area contributed by atoms with Gasteiger partial charge in [0.05, 0.1) is 12.7 Å². The Morgan fingerprint density at radius 2 is 2.06 bits per heavy atom. The van der Waals surface area contributed by atoms with E-state index in [4.69, 9.17) is 5.11 Å². The Morgan fingerprint density at radius 1 is 1.31 bits per heavy atom. The second-order valence-electron chi connectivity index (χ2n) is 4.49. The Bertz CT molecular complexity index is 315. The first-order valence-electron chi connectivity index (χ1n) is 5.86. The predicted molar refractivity (Wildman–Crippen MR) is 63.3 cm³/mol. The number of aliphatic hydroxyl groups is 2. The molecule has 0 amide bonds. The molecule has 1 aromatic rings. The largest absolute Gasteiger partial charge is 0.394 e. The maximum absolute atomic E-state index is 9.38. The second kappa shape index (κ2) is 5.43. The molecule has 1 aromatic carbocycles. The van der Waals surface area contributed by atoms with E-state index in [0.29, 0.717) is 12.5 Å². The van der Waals surface area contributed by atoms with Crippen LogP contribution in [0.15, 0.2) is 30.3 Å². The summed E-state index contributed by atoms with van der Waals surface area (Å²) in [6, 6.07) is 10.5. The first kappa shape index (κ1) is 11.6. The molecule has 0 saturated carbocycles. The van der Waals surface area contributed by atoms with Crippen molar-refractivity contribution in [3.05, 3.63) is 35.9 Å². The van der Waals surface area contributed by atoms with Crippen LogP contribution in [0.3, 0.4) is 0 Å². The minimum absolute atomic E-state index is 0.146. The molecule has 3 heteroatoms. The van der Waals surface area contributed by atoms with E-state index in [0.717, 1.165) is 19.5 Å². The third-order valence-corrected chi connectivity index (χ3v) is 3.22. The minimum Gasteiger partial charge on any atom is -0.394 e. The fourth-order valence-corrected chi connectivity index (χ4v) is 2.35. The summed E-state index contributed by atoms with van der Waals surface area (Å²) in [4.78, 5) is 2.22. The van der Waals surface area contributed by atoms with Gasteiger partial charge in [-0.15, -0.1) is 0 Å². The van der Waals surface area contributed by atoms with Crippen LogP contribution in [0.5, 0.6) is 0 Å². The summed E-state index contributed by atoms with van der Waals surface area (Å²) in [5.41, 5.74) is 1.38. The lowest BCUT2D eigenvalue weighted by Crippen LogP contribution is -2.32. The van der Waals surface area contributed by atoms with E-state index < -0.39 is 6.10 Å². The number of aliphatic hydroxyl groups excluding tert-OH is 2. The van der Waals surface area contributed by atoms with E-state index in [9.17, 15) is 5.11 Å². The van der Waals surface area contributed by atoms with Crippen molar-refractivity contribution in [2.24, 2.45) is 0 Å². The highest BCUT2D eigenvalue weighted by Gasteiger charge is 2.24. The van der Waals surface area contributed by atoms with Crippen LogP contribution in [0, 0.1) is 0 Å². The summed E-state index contributed by atoms with van der Waals surface area (Å²) in [5, 5.41) is 18.2. The van der Waals surface area contributed by atoms with Crippen molar-refractivity contribution in [3.8, 4) is 0 Å². The Morgan fingerprint density at radius 3 is 2.75 bits per heavy atom. The van der Waals surface area contributed by atoms with Crippen LogP contribution >= 0.6 is 0 Å². The van der Waals surface area contributed by atoms with Crippen LogP contribution in [0.4, 0.5) is 0 Å². The maximum atomic E-state index is 9.38. The number of hydrogen-bond donors (Lipinski definition) is 2. The lowest BCUT2D eigenvalue weighted by molar-refractivity contribution is 0.0658. The van der Waals surface area contributed by atoms with Crippen molar-refractivity contribution in [3.63, 3.8) is 0 Å². The van der Waals surface area contributed by atoms with Gasteiger partial charge in [0.2, 0.25) is 0 Å². The molecule has 0 radical (unpaired) electrons. The number of hydrogen-bond acceptors (Lipinski definition) is 3. The van der Waals surface area contributed by atoms with Gasteiger partial charge in [0.25, 0.3) is 0 Å². The molecule has 0 spiro atoms. The molecule has 0 bridgehead atoms. The fraction of sp³-hybridized carbons (Fsp3) is 0.538. The van der Waals surface area contributed by atoms with Gasteiger partial charge in [-0.05, 0) is 24.4 Å². The zero-order valence-corrected chi connectivity index (χ0v) is 9.42. The third kappa shape index (κ3) is 2.82. The third-order valence-electron chi connectivity index (χ3n) is 3.22. The fourth-order valence-electron chi connectivity index (χ4n) is 2.35. The van der Waals surface area contributed by atoms with Crippen molar-refractivity contribution in [1.82, 2.24) is 4.90 Å². The normalized spacial score (nSPS) is 23.5. The monoisotopic (exact) mass is 221 g/mol. The van der Waals surface area contributed by atoms with E-state index >= 15 is 0 Å². The molecule has 2 atom stereocenters. The van der Waals surface area contributed by atoms with Crippen LogP contribution in [-0.4, -0.2) is 47.5 Å². The molecule has 2 rings (SSSR count). The lowest BCUT2D eigenvalue weighted by atomic mass is 9.99. The second-order valence-corrected chi connectivity index (χ2v) is 4.49. The molecular formula is C13H19NO2. The highest BCUT2D eigenvalue weighted by molar-refractivity contribution is 5.20. The highest BCUT2D eigenvalue weighted by Crippen LogP contribution is 2.26. The lowest BCUT2D eigenvalue weighted by Gasteiger charge is -2.18. The Balaban J connectivity index is 1.89. The van der Waals surface area contributed by atoms with Crippen molar-refractivity contribution in [2.45, 2.75) is 18.4 Å². The van der Waals surface area contributed by atoms with Gasteiger partial charge in [0.1, 0.15) is 0 Å². The topological polar surface area (TPSA) is 43.7 Å². The number of benzene rings is 1. The maximum Gasteiger partial charge on any atom is 0.0897 e. The van der Waals surface area contributed by atoms with Gasteiger partial charge in [0.15, 0.2) is 0 Å². The smallest absolute Gasteiger partial charge is 0.0897 e. The van der Waals surface area contributed by atoms with Crippen LogP contribution in [0.2, 0.25) is 0 Å². The van der Waals surface area contributed by atoms with Gasteiger partial charge in [-0.25, -0.2) is 0 Å². The van der Waals surface area contributed by atoms with Crippen LogP contribution < -0.4 is 0 Å².